The van der Waals surface area contributed by atoms with E-state index in [-0.39, 0.29) is 17.4 Å². The van der Waals surface area contributed by atoms with Crippen molar-refractivity contribution in [3.05, 3.63) is 0 Å². The Morgan fingerprint density at radius 1 is 1.32 bits per heavy atom. The van der Waals surface area contributed by atoms with Crippen LogP contribution in [0.15, 0.2) is 0 Å². The molecule has 1 aliphatic heterocycles. The molecule has 0 aromatic rings. The predicted molar refractivity (Wildman–Crippen MR) is 77.8 cm³/mol. The zero-order chi connectivity index (χ0) is 13.9. The third kappa shape index (κ3) is 3.69. The minimum atomic E-state index is -0.0186. The van der Waals surface area contributed by atoms with E-state index in [2.05, 4.69) is 24.1 Å². The first kappa shape index (κ1) is 14.8. The van der Waals surface area contributed by atoms with Crippen molar-refractivity contribution in [1.82, 2.24) is 10.2 Å². The molecule has 0 spiro atoms. The van der Waals surface area contributed by atoms with Gasteiger partial charge in [0.05, 0.1) is 6.04 Å². The Hall–Kier alpha value is -0.610. The third-order valence-electron chi connectivity index (χ3n) is 4.54. The molecule has 1 saturated carbocycles. The lowest BCUT2D eigenvalue weighted by molar-refractivity contribution is -0.126. The van der Waals surface area contributed by atoms with Gasteiger partial charge < -0.3 is 11.1 Å². The van der Waals surface area contributed by atoms with Gasteiger partial charge in [-0.15, -0.1) is 0 Å². The average Bonchev–Trinajstić information content (AvgIpc) is 2.51. The number of nitrogens with zero attached hydrogens (tertiary/aromatic N) is 1. The quantitative estimate of drug-likeness (QED) is 0.814. The molecule has 1 unspecified atom stereocenters. The Labute approximate surface area is 117 Å². The molecule has 19 heavy (non-hydrogen) atoms. The fraction of sp³-hybridized carbons (Fsp3) is 0.933. The van der Waals surface area contributed by atoms with Crippen LogP contribution < -0.4 is 11.1 Å². The summed E-state index contributed by atoms with van der Waals surface area (Å²) in [6.07, 6.45) is 7.21. The topological polar surface area (TPSA) is 58.4 Å². The van der Waals surface area contributed by atoms with Crippen molar-refractivity contribution >= 4 is 5.91 Å². The van der Waals surface area contributed by atoms with Crippen molar-refractivity contribution in [1.29, 1.82) is 0 Å². The van der Waals surface area contributed by atoms with Gasteiger partial charge in [0.25, 0.3) is 0 Å². The lowest BCUT2D eigenvalue weighted by Crippen LogP contribution is -2.51. The molecule has 2 rings (SSSR count). The average molecular weight is 267 g/mol. The van der Waals surface area contributed by atoms with Crippen LogP contribution in [-0.4, -0.2) is 42.5 Å². The van der Waals surface area contributed by atoms with Crippen LogP contribution in [-0.2, 0) is 4.79 Å². The van der Waals surface area contributed by atoms with E-state index in [1.165, 1.54) is 32.1 Å². The SMILES string of the molecule is CC1(C)CNC(=O)C(CCN)N(C2CCCCC2)C1. The molecule has 3 N–H and O–H groups in total. The smallest absolute Gasteiger partial charge is 0.237 e. The normalized spacial score (nSPS) is 29.8. The van der Waals surface area contributed by atoms with Crippen molar-refractivity contribution in [2.75, 3.05) is 19.6 Å². The van der Waals surface area contributed by atoms with E-state index in [1.807, 2.05) is 0 Å². The summed E-state index contributed by atoms with van der Waals surface area (Å²) in [5.74, 6) is 0.182. The number of nitrogens with one attached hydrogen (secondary N) is 1. The van der Waals surface area contributed by atoms with Gasteiger partial charge in [0.15, 0.2) is 0 Å². The first-order valence-electron chi connectivity index (χ1n) is 7.77. The molecule has 1 aliphatic carbocycles. The molecule has 2 fully saturated rings. The fourth-order valence-corrected chi connectivity index (χ4v) is 3.51. The molecule has 2 aliphatic rings. The Balaban J connectivity index is 2.17. The monoisotopic (exact) mass is 267 g/mol. The van der Waals surface area contributed by atoms with Crippen LogP contribution in [0.5, 0.6) is 0 Å². The van der Waals surface area contributed by atoms with Crippen LogP contribution in [0.2, 0.25) is 0 Å². The molecule has 0 aromatic carbocycles. The van der Waals surface area contributed by atoms with Gasteiger partial charge in [0.2, 0.25) is 5.91 Å². The molecule has 110 valence electrons. The number of amides is 1. The highest BCUT2D eigenvalue weighted by Crippen LogP contribution is 2.30. The van der Waals surface area contributed by atoms with Crippen molar-refractivity contribution < 1.29 is 4.79 Å². The summed E-state index contributed by atoms with van der Waals surface area (Å²) in [6.45, 7) is 6.85. The predicted octanol–water partition coefficient (Wildman–Crippen LogP) is 1.49. The molecule has 1 atom stereocenters. The number of nitrogens with two attached hydrogens (primary N) is 1. The number of rotatable bonds is 3. The van der Waals surface area contributed by atoms with Gasteiger partial charge in [-0.3, -0.25) is 9.69 Å². The van der Waals surface area contributed by atoms with E-state index in [0.29, 0.717) is 12.6 Å². The van der Waals surface area contributed by atoms with E-state index in [1.54, 1.807) is 0 Å². The van der Waals surface area contributed by atoms with Gasteiger partial charge in [0, 0.05) is 19.1 Å². The maximum Gasteiger partial charge on any atom is 0.237 e. The molecule has 0 radical (unpaired) electrons. The summed E-state index contributed by atoms with van der Waals surface area (Å²) >= 11 is 0. The second kappa shape index (κ2) is 6.23. The summed E-state index contributed by atoms with van der Waals surface area (Å²) in [5.41, 5.74) is 5.87. The Kier molecular flexibility index (Phi) is 4.85. The first-order chi connectivity index (χ1) is 9.03. The molecular weight excluding hydrogens is 238 g/mol. The zero-order valence-electron chi connectivity index (χ0n) is 12.5. The summed E-state index contributed by atoms with van der Waals surface area (Å²) in [5, 5.41) is 3.10. The van der Waals surface area contributed by atoms with Crippen LogP contribution in [0.4, 0.5) is 0 Å². The second-order valence-corrected chi connectivity index (χ2v) is 6.94. The number of carbonyl (C=O) groups excluding carboxylic acids is 1. The first-order valence-corrected chi connectivity index (χ1v) is 7.77. The van der Waals surface area contributed by atoms with Gasteiger partial charge in [-0.1, -0.05) is 33.1 Å². The van der Waals surface area contributed by atoms with Crippen LogP contribution >= 0.6 is 0 Å². The largest absolute Gasteiger partial charge is 0.354 e. The van der Waals surface area contributed by atoms with Crippen LogP contribution in [0, 0.1) is 5.41 Å². The summed E-state index contributed by atoms with van der Waals surface area (Å²) in [6, 6.07) is 0.559. The Morgan fingerprint density at radius 2 is 2.00 bits per heavy atom. The van der Waals surface area contributed by atoms with E-state index >= 15 is 0 Å². The molecule has 1 heterocycles. The molecule has 1 saturated heterocycles. The highest BCUT2D eigenvalue weighted by Gasteiger charge is 2.38. The molecule has 4 heteroatoms. The van der Waals surface area contributed by atoms with Gasteiger partial charge >= 0.3 is 0 Å². The third-order valence-corrected chi connectivity index (χ3v) is 4.54. The van der Waals surface area contributed by atoms with Crippen LogP contribution in [0.3, 0.4) is 0 Å². The van der Waals surface area contributed by atoms with Crippen molar-refractivity contribution in [2.24, 2.45) is 11.1 Å². The van der Waals surface area contributed by atoms with Crippen molar-refractivity contribution in [3.8, 4) is 0 Å². The number of carbonyl (C=O) groups is 1. The van der Waals surface area contributed by atoms with Gasteiger partial charge in [-0.25, -0.2) is 0 Å². The molecule has 0 aromatic heterocycles. The molecular formula is C15H29N3O. The molecule has 0 bridgehead atoms. The summed E-state index contributed by atoms with van der Waals surface area (Å²) in [7, 11) is 0. The standard InChI is InChI=1S/C15H29N3O/c1-15(2)10-17-14(19)13(8-9-16)18(11-15)12-6-4-3-5-7-12/h12-13H,3-11,16H2,1-2H3,(H,17,19). The highest BCUT2D eigenvalue weighted by atomic mass is 16.2. The van der Waals surface area contributed by atoms with Crippen LogP contribution in [0.1, 0.15) is 52.4 Å². The Morgan fingerprint density at radius 3 is 2.63 bits per heavy atom. The highest BCUT2D eigenvalue weighted by molar-refractivity contribution is 5.82. The van der Waals surface area contributed by atoms with E-state index < -0.39 is 0 Å². The van der Waals surface area contributed by atoms with Crippen LogP contribution in [0.25, 0.3) is 0 Å². The summed E-state index contributed by atoms with van der Waals surface area (Å²) in [4.78, 5) is 14.8. The van der Waals surface area contributed by atoms with Crippen molar-refractivity contribution in [2.45, 2.75) is 64.5 Å². The van der Waals surface area contributed by atoms with E-state index in [9.17, 15) is 4.79 Å². The zero-order valence-corrected chi connectivity index (χ0v) is 12.5. The fourth-order valence-electron chi connectivity index (χ4n) is 3.51. The number of hydrogen-bond donors (Lipinski definition) is 2. The van der Waals surface area contributed by atoms with Gasteiger partial charge in [-0.05, 0) is 31.2 Å². The van der Waals surface area contributed by atoms with E-state index in [4.69, 9.17) is 5.73 Å². The maximum atomic E-state index is 12.3. The number of hydrogen-bond acceptors (Lipinski definition) is 3. The lowest BCUT2D eigenvalue weighted by atomic mass is 9.88. The molecule has 1 amide bonds. The molecule has 4 nitrogen and oxygen atoms in total. The lowest BCUT2D eigenvalue weighted by Gasteiger charge is -2.40. The van der Waals surface area contributed by atoms with Crippen molar-refractivity contribution in [3.63, 3.8) is 0 Å². The summed E-state index contributed by atoms with van der Waals surface area (Å²) < 4.78 is 0. The van der Waals surface area contributed by atoms with Gasteiger partial charge in [-0.2, -0.15) is 0 Å². The minimum absolute atomic E-state index is 0.0186. The van der Waals surface area contributed by atoms with Gasteiger partial charge in [0.1, 0.15) is 0 Å². The minimum Gasteiger partial charge on any atom is -0.354 e. The maximum absolute atomic E-state index is 12.3. The second-order valence-electron chi connectivity index (χ2n) is 6.94. The Bertz CT molecular complexity index is 311. The van der Waals surface area contributed by atoms with E-state index in [0.717, 1.165) is 19.5 Å².